The zero-order chi connectivity index (χ0) is 18.0. The van der Waals surface area contributed by atoms with Crippen LogP contribution in [0, 0.1) is 0 Å². The smallest absolute Gasteiger partial charge is 0.416 e. The van der Waals surface area contributed by atoms with Crippen LogP contribution in [0.5, 0.6) is 5.75 Å². The Morgan fingerprint density at radius 3 is 2.25 bits per heavy atom. The highest BCUT2D eigenvalue weighted by atomic mass is 32.2. The Morgan fingerprint density at radius 2 is 1.71 bits per heavy atom. The van der Waals surface area contributed by atoms with Crippen molar-refractivity contribution >= 4 is 10.0 Å². The maximum atomic E-state index is 12.5. The Hall–Kier alpha value is -2.06. The third kappa shape index (κ3) is 4.27. The molecule has 0 radical (unpaired) electrons. The molecule has 2 aromatic carbocycles. The number of benzene rings is 2. The zero-order valence-corrected chi connectivity index (χ0v) is 13.8. The second kappa shape index (κ2) is 6.82. The van der Waals surface area contributed by atoms with E-state index in [4.69, 9.17) is 4.74 Å². The summed E-state index contributed by atoms with van der Waals surface area (Å²) in [5.74, 6) is 0.577. The summed E-state index contributed by atoms with van der Waals surface area (Å²) in [5.41, 5.74) is -0.230. The highest BCUT2D eigenvalue weighted by molar-refractivity contribution is 7.89. The van der Waals surface area contributed by atoms with Crippen molar-refractivity contribution in [2.45, 2.75) is 24.0 Å². The molecule has 1 N–H and O–H groups in total. The predicted octanol–water partition coefficient (Wildman–Crippen LogP) is 3.75. The third-order valence-corrected chi connectivity index (χ3v) is 4.97. The number of halogens is 3. The molecule has 8 heteroatoms. The van der Waals surface area contributed by atoms with E-state index in [-0.39, 0.29) is 4.90 Å². The van der Waals surface area contributed by atoms with E-state index in [1.54, 1.807) is 31.2 Å². The predicted molar refractivity (Wildman–Crippen MR) is 83.2 cm³/mol. The van der Waals surface area contributed by atoms with Crippen LogP contribution < -0.4 is 9.46 Å². The largest absolute Gasteiger partial charge is 0.497 e. The molecule has 2 aromatic rings. The maximum Gasteiger partial charge on any atom is 0.416 e. The van der Waals surface area contributed by atoms with Gasteiger partial charge < -0.3 is 4.74 Å². The van der Waals surface area contributed by atoms with Gasteiger partial charge in [0.05, 0.1) is 17.6 Å². The summed E-state index contributed by atoms with van der Waals surface area (Å²) in [4.78, 5) is -0.231. The quantitative estimate of drug-likeness (QED) is 0.885. The van der Waals surface area contributed by atoms with E-state index in [9.17, 15) is 21.6 Å². The lowest BCUT2D eigenvalue weighted by molar-refractivity contribution is -0.137. The molecule has 0 amide bonds. The summed E-state index contributed by atoms with van der Waals surface area (Å²) in [6.45, 7) is 1.64. The Kier molecular flexibility index (Phi) is 5.19. The van der Waals surface area contributed by atoms with Gasteiger partial charge in [0.15, 0.2) is 0 Å². The van der Waals surface area contributed by atoms with Gasteiger partial charge in [0.25, 0.3) is 0 Å². The van der Waals surface area contributed by atoms with E-state index in [1.165, 1.54) is 7.11 Å². The van der Waals surface area contributed by atoms with Crippen LogP contribution >= 0.6 is 0 Å². The lowest BCUT2D eigenvalue weighted by atomic mass is 10.1. The van der Waals surface area contributed by atoms with Gasteiger partial charge in [-0.15, -0.1) is 0 Å². The first-order valence-corrected chi connectivity index (χ1v) is 8.45. The van der Waals surface area contributed by atoms with E-state index in [1.807, 2.05) is 0 Å². The van der Waals surface area contributed by atoms with Crippen LogP contribution in [-0.2, 0) is 16.2 Å². The molecule has 0 spiro atoms. The van der Waals surface area contributed by atoms with Crippen molar-refractivity contribution in [3.63, 3.8) is 0 Å². The average Bonchev–Trinajstić information content (AvgIpc) is 2.54. The lowest BCUT2D eigenvalue weighted by Crippen LogP contribution is -2.27. The molecule has 2 rings (SSSR count). The van der Waals surface area contributed by atoms with Gasteiger partial charge >= 0.3 is 6.18 Å². The van der Waals surface area contributed by atoms with Crippen LogP contribution in [-0.4, -0.2) is 15.5 Å². The van der Waals surface area contributed by atoms with Crippen molar-refractivity contribution in [3.8, 4) is 5.75 Å². The summed E-state index contributed by atoms with van der Waals surface area (Å²) in [7, 11) is -2.45. The molecule has 0 heterocycles. The maximum absolute atomic E-state index is 12.5. The molecule has 0 aliphatic carbocycles. The molecule has 0 bridgehead atoms. The molecular formula is C16H16F3NO3S. The molecule has 0 aliphatic rings. The SMILES string of the molecule is COc1cccc(C(C)NS(=O)(=O)c2ccc(C(F)(F)F)cc2)c1. The lowest BCUT2D eigenvalue weighted by Gasteiger charge is -2.16. The Balaban J connectivity index is 2.21. The zero-order valence-electron chi connectivity index (χ0n) is 13.0. The van der Waals surface area contributed by atoms with E-state index in [0.717, 1.165) is 24.3 Å². The molecule has 0 aromatic heterocycles. The topological polar surface area (TPSA) is 55.4 Å². The fourth-order valence-electron chi connectivity index (χ4n) is 2.10. The molecule has 0 aliphatic heterocycles. The summed E-state index contributed by atoms with van der Waals surface area (Å²) in [6.07, 6.45) is -4.51. The molecule has 0 fully saturated rings. The van der Waals surface area contributed by atoms with Crippen molar-refractivity contribution in [1.29, 1.82) is 0 Å². The number of nitrogens with one attached hydrogen (secondary N) is 1. The first-order valence-electron chi connectivity index (χ1n) is 6.97. The van der Waals surface area contributed by atoms with Crippen molar-refractivity contribution in [2.24, 2.45) is 0 Å². The van der Waals surface area contributed by atoms with Gasteiger partial charge in [0.1, 0.15) is 5.75 Å². The fraction of sp³-hybridized carbons (Fsp3) is 0.250. The second-order valence-electron chi connectivity index (χ2n) is 5.14. The highest BCUT2D eigenvalue weighted by Crippen LogP contribution is 2.30. The number of rotatable bonds is 5. The van der Waals surface area contributed by atoms with Crippen molar-refractivity contribution in [2.75, 3.05) is 7.11 Å². The number of alkyl halides is 3. The third-order valence-electron chi connectivity index (χ3n) is 3.42. The van der Waals surface area contributed by atoms with Crippen LogP contribution in [0.1, 0.15) is 24.1 Å². The molecule has 0 saturated heterocycles. The number of ether oxygens (including phenoxy) is 1. The van der Waals surface area contributed by atoms with E-state index in [2.05, 4.69) is 4.72 Å². The minimum atomic E-state index is -4.51. The first kappa shape index (κ1) is 18.3. The van der Waals surface area contributed by atoms with Gasteiger partial charge in [-0.2, -0.15) is 13.2 Å². The van der Waals surface area contributed by atoms with Gasteiger partial charge in [-0.3, -0.25) is 0 Å². The van der Waals surface area contributed by atoms with Crippen molar-refractivity contribution in [3.05, 3.63) is 59.7 Å². The minimum Gasteiger partial charge on any atom is -0.497 e. The molecule has 24 heavy (non-hydrogen) atoms. The summed E-state index contributed by atoms with van der Waals surface area (Å²) < 4.78 is 69.8. The summed E-state index contributed by atoms with van der Waals surface area (Å²) in [6, 6.07) is 9.62. The molecule has 1 atom stereocenters. The molecule has 1 unspecified atom stereocenters. The van der Waals surface area contributed by atoms with Gasteiger partial charge in [-0.1, -0.05) is 12.1 Å². The van der Waals surface area contributed by atoms with E-state index in [0.29, 0.717) is 11.3 Å². The van der Waals surface area contributed by atoms with Gasteiger partial charge in [0.2, 0.25) is 10.0 Å². The number of hydrogen-bond acceptors (Lipinski definition) is 3. The number of hydrogen-bond donors (Lipinski definition) is 1. The van der Waals surface area contributed by atoms with Crippen molar-refractivity contribution < 1.29 is 26.3 Å². The standard InChI is InChI=1S/C16H16F3NO3S/c1-11(12-4-3-5-14(10-12)23-2)20-24(21,22)15-8-6-13(7-9-15)16(17,18)19/h3-11,20H,1-2H3. The van der Waals surface area contributed by atoms with Crippen LogP contribution in [0.4, 0.5) is 13.2 Å². The molecule has 130 valence electrons. The summed E-state index contributed by atoms with van der Waals surface area (Å²) in [5, 5.41) is 0. The van der Waals surface area contributed by atoms with E-state index >= 15 is 0 Å². The van der Waals surface area contributed by atoms with Crippen molar-refractivity contribution in [1.82, 2.24) is 4.72 Å². The molecular weight excluding hydrogens is 343 g/mol. The Morgan fingerprint density at radius 1 is 1.08 bits per heavy atom. The minimum absolute atomic E-state index is 0.231. The molecule has 0 saturated carbocycles. The highest BCUT2D eigenvalue weighted by Gasteiger charge is 2.30. The van der Waals surface area contributed by atoms with E-state index < -0.39 is 27.8 Å². The van der Waals surface area contributed by atoms with Gasteiger partial charge in [-0.25, -0.2) is 13.1 Å². The number of sulfonamides is 1. The average molecular weight is 359 g/mol. The second-order valence-corrected chi connectivity index (χ2v) is 6.86. The van der Waals surface area contributed by atoms with Gasteiger partial charge in [0, 0.05) is 6.04 Å². The Bertz CT molecular complexity index is 802. The normalized spacial score (nSPS) is 13.5. The van der Waals surface area contributed by atoms with Crippen LogP contribution in [0.25, 0.3) is 0 Å². The fourth-order valence-corrected chi connectivity index (χ4v) is 3.33. The summed E-state index contributed by atoms with van der Waals surface area (Å²) >= 11 is 0. The Labute approximate surface area is 138 Å². The first-order chi connectivity index (χ1) is 11.1. The van der Waals surface area contributed by atoms with Crippen LogP contribution in [0.15, 0.2) is 53.4 Å². The van der Waals surface area contributed by atoms with Gasteiger partial charge in [-0.05, 0) is 48.9 Å². The molecule has 4 nitrogen and oxygen atoms in total. The van der Waals surface area contributed by atoms with Crippen LogP contribution in [0.3, 0.4) is 0 Å². The number of methoxy groups -OCH3 is 1. The monoisotopic (exact) mass is 359 g/mol. The van der Waals surface area contributed by atoms with Crippen LogP contribution in [0.2, 0.25) is 0 Å².